The second-order valence-electron chi connectivity index (χ2n) is 5.10. The maximum Gasteiger partial charge on any atom is 0.0925 e. The van der Waals surface area contributed by atoms with Crippen molar-refractivity contribution < 1.29 is 5.11 Å². The highest BCUT2D eigenvalue weighted by Gasteiger charge is 2.47. The van der Waals surface area contributed by atoms with Crippen LogP contribution in [0.25, 0.3) is 0 Å². The van der Waals surface area contributed by atoms with E-state index in [1.807, 2.05) is 11.8 Å². The summed E-state index contributed by atoms with van der Waals surface area (Å²) in [6.07, 6.45) is 0.831. The van der Waals surface area contributed by atoms with E-state index < -0.39 is 5.60 Å². The maximum absolute atomic E-state index is 10.4. The molecule has 0 amide bonds. The summed E-state index contributed by atoms with van der Waals surface area (Å²) in [4.78, 5) is 0. The van der Waals surface area contributed by atoms with E-state index in [2.05, 4.69) is 27.7 Å². The first-order chi connectivity index (χ1) is 5.78. The van der Waals surface area contributed by atoms with E-state index in [-0.39, 0.29) is 16.7 Å². The minimum Gasteiger partial charge on any atom is -0.387 e. The number of aliphatic hydroxyl groups is 1. The summed E-state index contributed by atoms with van der Waals surface area (Å²) in [5, 5.41) is 10.7. The van der Waals surface area contributed by atoms with Crippen LogP contribution < -0.4 is 5.73 Å². The number of rotatable bonds is 1. The van der Waals surface area contributed by atoms with Gasteiger partial charge >= 0.3 is 0 Å². The average Bonchev–Trinajstić information content (AvgIpc) is 2.30. The fourth-order valence-corrected chi connectivity index (χ4v) is 3.26. The Morgan fingerprint density at radius 1 is 1.54 bits per heavy atom. The van der Waals surface area contributed by atoms with Crippen molar-refractivity contribution in [3.8, 4) is 0 Å². The van der Waals surface area contributed by atoms with Crippen LogP contribution in [0.1, 0.15) is 34.1 Å². The fourth-order valence-electron chi connectivity index (χ4n) is 1.90. The van der Waals surface area contributed by atoms with Gasteiger partial charge in [0.25, 0.3) is 0 Å². The lowest BCUT2D eigenvalue weighted by Crippen LogP contribution is -2.57. The van der Waals surface area contributed by atoms with Gasteiger partial charge in [-0.1, -0.05) is 27.7 Å². The highest BCUT2D eigenvalue weighted by atomic mass is 32.2. The molecule has 3 heteroatoms. The molecule has 0 aromatic carbocycles. The molecule has 1 aliphatic rings. The maximum atomic E-state index is 10.4. The summed E-state index contributed by atoms with van der Waals surface area (Å²) >= 11 is 1.82. The van der Waals surface area contributed by atoms with Gasteiger partial charge in [0.1, 0.15) is 0 Å². The highest BCUT2D eigenvalue weighted by Crippen LogP contribution is 2.41. The van der Waals surface area contributed by atoms with Gasteiger partial charge in [0.05, 0.1) is 5.60 Å². The summed E-state index contributed by atoms with van der Waals surface area (Å²) in [6.45, 7) is 8.34. The molecule has 0 aromatic rings. The SMILES string of the molecule is CC1SCCC1(O)C(N)C(C)(C)C. The van der Waals surface area contributed by atoms with Crippen molar-refractivity contribution in [2.24, 2.45) is 11.1 Å². The van der Waals surface area contributed by atoms with Gasteiger partial charge in [0.2, 0.25) is 0 Å². The molecule has 3 N–H and O–H groups in total. The van der Waals surface area contributed by atoms with Crippen LogP contribution in [0.3, 0.4) is 0 Å². The summed E-state index contributed by atoms with van der Waals surface area (Å²) in [7, 11) is 0. The Balaban J connectivity index is 2.80. The first-order valence-electron chi connectivity index (χ1n) is 4.88. The van der Waals surface area contributed by atoms with Gasteiger partial charge in [-0.15, -0.1) is 0 Å². The first kappa shape index (κ1) is 11.3. The zero-order chi connectivity index (χ0) is 10.3. The summed E-state index contributed by atoms with van der Waals surface area (Å²) in [5.74, 6) is 1.03. The van der Waals surface area contributed by atoms with E-state index in [0.717, 1.165) is 12.2 Å². The molecule has 1 saturated heterocycles. The number of nitrogens with two attached hydrogens (primary N) is 1. The monoisotopic (exact) mass is 203 g/mol. The van der Waals surface area contributed by atoms with Crippen LogP contribution in [0.4, 0.5) is 0 Å². The lowest BCUT2D eigenvalue weighted by Gasteiger charge is -2.41. The molecule has 2 nitrogen and oxygen atoms in total. The number of thioether (sulfide) groups is 1. The Hall–Kier alpha value is 0.270. The molecule has 13 heavy (non-hydrogen) atoms. The van der Waals surface area contributed by atoms with Gasteiger partial charge in [-0.05, 0) is 17.6 Å². The highest BCUT2D eigenvalue weighted by molar-refractivity contribution is 8.00. The quantitative estimate of drug-likeness (QED) is 0.680. The molecule has 3 unspecified atom stereocenters. The molecule has 1 rings (SSSR count). The summed E-state index contributed by atoms with van der Waals surface area (Å²) < 4.78 is 0. The minimum absolute atomic E-state index is 0.0199. The standard InChI is InChI=1S/C10H21NOS/c1-7-10(12,5-6-13-7)8(11)9(2,3)4/h7-8,12H,5-6,11H2,1-4H3. The van der Waals surface area contributed by atoms with Gasteiger partial charge in [0, 0.05) is 11.3 Å². The van der Waals surface area contributed by atoms with Crippen molar-refractivity contribution in [3.63, 3.8) is 0 Å². The van der Waals surface area contributed by atoms with Crippen molar-refractivity contribution in [2.75, 3.05) is 5.75 Å². The van der Waals surface area contributed by atoms with Crippen LogP contribution in [-0.2, 0) is 0 Å². The minimum atomic E-state index is -0.664. The molecule has 0 spiro atoms. The fraction of sp³-hybridized carbons (Fsp3) is 1.00. The Morgan fingerprint density at radius 2 is 2.08 bits per heavy atom. The Bertz CT molecular complexity index is 190. The topological polar surface area (TPSA) is 46.2 Å². The summed E-state index contributed by atoms with van der Waals surface area (Å²) in [6, 6.07) is -0.134. The Labute approximate surface area is 85.3 Å². The Morgan fingerprint density at radius 3 is 2.38 bits per heavy atom. The molecule has 1 aliphatic heterocycles. The van der Waals surface area contributed by atoms with Gasteiger partial charge in [-0.25, -0.2) is 0 Å². The average molecular weight is 203 g/mol. The third-order valence-corrected chi connectivity index (χ3v) is 4.39. The molecule has 1 heterocycles. The molecule has 78 valence electrons. The van der Waals surface area contributed by atoms with Gasteiger partial charge < -0.3 is 10.8 Å². The summed E-state index contributed by atoms with van der Waals surface area (Å²) in [5.41, 5.74) is 5.43. The molecule has 0 aliphatic carbocycles. The second-order valence-corrected chi connectivity index (χ2v) is 6.55. The van der Waals surface area contributed by atoms with Crippen molar-refractivity contribution >= 4 is 11.8 Å². The van der Waals surface area contributed by atoms with Crippen LogP contribution in [-0.4, -0.2) is 27.8 Å². The van der Waals surface area contributed by atoms with Crippen LogP contribution in [0.5, 0.6) is 0 Å². The van der Waals surface area contributed by atoms with E-state index in [9.17, 15) is 5.11 Å². The molecular weight excluding hydrogens is 182 g/mol. The lowest BCUT2D eigenvalue weighted by molar-refractivity contribution is -0.0155. The van der Waals surface area contributed by atoms with Crippen molar-refractivity contribution in [1.29, 1.82) is 0 Å². The van der Waals surface area contributed by atoms with E-state index in [1.165, 1.54) is 0 Å². The molecule has 3 atom stereocenters. The van der Waals surface area contributed by atoms with Crippen LogP contribution in [0.2, 0.25) is 0 Å². The zero-order valence-corrected chi connectivity index (χ0v) is 9.82. The predicted octanol–water partition coefficient (Wildman–Crippen LogP) is 1.62. The molecule has 0 saturated carbocycles. The van der Waals surface area contributed by atoms with E-state index >= 15 is 0 Å². The van der Waals surface area contributed by atoms with Gasteiger partial charge in [0.15, 0.2) is 0 Å². The smallest absolute Gasteiger partial charge is 0.0925 e. The third-order valence-electron chi connectivity index (χ3n) is 3.05. The van der Waals surface area contributed by atoms with Gasteiger partial charge in [-0.3, -0.25) is 0 Å². The molecular formula is C10H21NOS. The molecule has 0 bridgehead atoms. The van der Waals surface area contributed by atoms with E-state index in [0.29, 0.717) is 0 Å². The normalized spacial score (nSPS) is 37.8. The van der Waals surface area contributed by atoms with Crippen LogP contribution >= 0.6 is 11.8 Å². The third kappa shape index (κ3) is 2.03. The number of hydrogen-bond donors (Lipinski definition) is 2. The van der Waals surface area contributed by atoms with Crippen molar-refractivity contribution in [3.05, 3.63) is 0 Å². The Kier molecular flexibility index (Phi) is 3.01. The van der Waals surface area contributed by atoms with Crippen LogP contribution in [0, 0.1) is 5.41 Å². The number of hydrogen-bond acceptors (Lipinski definition) is 3. The molecule has 1 fully saturated rings. The zero-order valence-electron chi connectivity index (χ0n) is 9.00. The van der Waals surface area contributed by atoms with E-state index in [4.69, 9.17) is 5.73 Å². The largest absolute Gasteiger partial charge is 0.387 e. The van der Waals surface area contributed by atoms with Crippen molar-refractivity contribution in [1.82, 2.24) is 0 Å². The van der Waals surface area contributed by atoms with Crippen LogP contribution in [0.15, 0.2) is 0 Å². The first-order valence-corrected chi connectivity index (χ1v) is 5.93. The molecule has 0 radical (unpaired) electrons. The van der Waals surface area contributed by atoms with Crippen molar-refractivity contribution in [2.45, 2.75) is 51.0 Å². The van der Waals surface area contributed by atoms with E-state index in [1.54, 1.807) is 0 Å². The lowest BCUT2D eigenvalue weighted by atomic mass is 9.74. The molecule has 0 aromatic heterocycles. The van der Waals surface area contributed by atoms with Gasteiger partial charge in [-0.2, -0.15) is 11.8 Å². The predicted molar refractivity (Wildman–Crippen MR) is 58.9 cm³/mol. The second kappa shape index (κ2) is 3.44.